The third kappa shape index (κ3) is 1.79. The molecule has 2 heterocycles. The van der Waals surface area contributed by atoms with Crippen LogP contribution in [0.4, 0.5) is 0 Å². The summed E-state index contributed by atoms with van der Waals surface area (Å²) in [5.41, 5.74) is 0.315. The van der Waals surface area contributed by atoms with Gasteiger partial charge < -0.3 is 10.0 Å². The maximum absolute atomic E-state index is 10.4. The summed E-state index contributed by atoms with van der Waals surface area (Å²) in [5.74, 6) is 0. The highest BCUT2D eigenvalue weighted by molar-refractivity contribution is 5.20. The highest BCUT2D eigenvalue weighted by Gasteiger charge is 2.33. The van der Waals surface area contributed by atoms with Crippen LogP contribution in [0.15, 0.2) is 24.5 Å². The van der Waals surface area contributed by atoms with E-state index in [0.717, 1.165) is 31.5 Å². The maximum Gasteiger partial charge on any atom is 0.102 e. The van der Waals surface area contributed by atoms with E-state index in [0.29, 0.717) is 0 Å². The molecule has 0 bridgehead atoms. The van der Waals surface area contributed by atoms with Crippen molar-refractivity contribution in [3.8, 4) is 0 Å². The van der Waals surface area contributed by atoms with E-state index in [1.165, 1.54) is 0 Å². The number of piperidine rings is 1. The lowest BCUT2D eigenvalue weighted by Gasteiger charge is -2.37. The summed E-state index contributed by atoms with van der Waals surface area (Å²) in [5, 5.41) is 10.4. The van der Waals surface area contributed by atoms with Gasteiger partial charge >= 0.3 is 0 Å². The van der Waals surface area contributed by atoms with Crippen molar-refractivity contribution in [3.63, 3.8) is 0 Å². The standard InChI is InChI=1S/C11H16N2O/c1-13-8-2-5-11(14,9-13)10-3-6-12-7-4-10/h3-4,6-7,14H,2,5,8-9H2,1H3. The second-order valence-corrected chi connectivity index (χ2v) is 4.11. The molecule has 2 rings (SSSR count). The molecule has 0 spiro atoms. The van der Waals surface area contributed by atoms with Crippen LogP contribution in [0.2, 0.25) is 0 Å². The molecular formula is C11H16N2O. The molecule has 1 fully saturated rings. The van der Waals surface area contributed by atoms with Crippen molar-refractivity contribution in [2.45, 2.75) is 18.4 Å². The van der Waals surface area contributed by atoms with E-state index in [4.69, 9.17) is 0 Å². The Hall–Kier alpha value is -0.930. The van der Waals surface area contributed by atoms with Crippen LogP contribution in [0, 0.1) is 0 Å². The van der Waals surface area contributed by atoms with Gasteiger partial charge in [0.1, 0.15) is 5.60 Å². The molecule has 76 valence electrons. The van der Waals surface area contributed by atoms with Gasteiger partial charge in [-0.3, -0.25) is 4.98 Å². The van der Waals surface area contributed by atoms with Gasteiger partial charge in [-0.25, -0.2) is 0 Å². The van der Waals surface area contributed by atoms with Gasteiger partial charge in [0, 0.05) is 18.9 Å². The average molecular weight is 192 g/mol. The summed E-state index contributed by atoms with van der Waals surface area (Å²) in [4.78, 5) is 6.14. The van der Waals surface area contributed by atoms with E-state index in [-0.39, 0.29) is 0 Å². The Morgan fingerprint density at radius 1 is 1.43 bits per heavy atom. The highest BCUT2D eigenvalue weighted by Crippen LogP contribution is 2.30. The second kappa shape index (κ2) is 3.67. The lowest BCUT2D eigenvalue weighted by atomic mass is 9.86. The van der Waals surface area contributed by atoms with Gasteiger partial charge in [-0.15, -0.1) is 0 Å². The average Bonchev–Trinajstić information content (AvgIpc) is 2.19. The van der Waals surface area contributed by atoms with Gasteiger partial charge in [-0.05, 0) is 44.1 Å². The molecule has 14 heavy (non-hydrogen) atoms. The minimum Gasteiger partial charge on any atom is -0.384 e. The van der Waals surface area contributed by atoms with Crippen LogP contribution < -0.4 is 0 Å². The number of nitrogens with zero attached hydrogens (tertiary/aromatic N) is 2. The van der Waals surface area contributed by atoms with E-state index < -0.39 is 5.60 Å². The van der Waals surface area contributed by atoms with Crippen LogP contribution in [-0.4, -0.2) is 35.1 Å². The summed E-state index contributed by atoms with van der Waals surface area (Å²) < 4.78 is 0. The molecule has 1 aromatic rings. The Bertz CT molecular complexity index is 301. The van der Waals surface area contributed by atoms with E-state index >= 15 is 0 Å². The molecule has 0 aliphatic carbocycles. The molecule has 1 aliphatic rings. The van der Waals surface area contributed by atoms with Crippen LogP contribution in [0.25, 0.3) is 0 Å². The molecule has 1 aromatic heterocycles. The third-order valence-electron chi connectivity index (χ3n) is 2.88. The predicted octanol–water partition coefficient (Wildman–Crippen LogP) is 0.995. The number of aromatic nitrogens is 1. The molecule has 0 radical (unpaired) electrons. The van der Waals surface area contributed by atoms with Crippen molar-refractivity contribution in [3.05, 3.63) is 30.1 Å². The van der Waals surface area contributed by atoms with Gasteiger partial charge in [0.15, 0.2) is 0 Å². The van der Waals surface area contributed by atoms with Crippen molar-refractivity contribution in [2.75, 3.05) is 20.1 Å². The van der Waals surface area contributed by atoms with E-state index in [1.807, 2.05) is 19.2 Å². The van der Waals surface area contributed by atoms with Gasteiger partial charge in [0.2, 0.25) is 0 Å². The van der Waals surface area contributed by atoms with E-state index in [1.54, 1.807) is 12.4 Å². The molecule has 1 atom stereocenters. The first-order valence-corrected chi connectivity index (χ1v) is 5.02. The molecule has 0 aromatic carbocycles. The zero-order valence-corrected chi connectivity index (χ0v) is 8.48. The molecule has 3 nitrogen and oxygen atoms in total. The van der Waals surface area contributed by atoms with Gasteiger partial charge in [0.25, 0.3) is 0 Å². The minimum absolute atomic E-state index is 0.671. The maximum atomic E-state index is 10.4. The second-order valence-electron chi connectivity index (χ2n) is 4.11. The first kappa shape index (κ1) is 9.62. The Balaban J connectivity index is 2.23. The number of rotatable bonds is 1. The number of aliphatic hydroxyl groups is 1. The summed E-state index contributed by atoms with van der Waals surface area (Å²) >= 11 is 0. The highest BCUT2D eigenvalue weighted by atomic mass is 16.3. The molecule has 0 amide bonds. The molecule has 1 N–H and O–H groups in total. The first-order valence-electron chi connectivity index (χ1n) is 5.02. The van der Waals surface area contributed by atoms with Crippen molar-refractivity contribution < 1.29 is 5.11 Å². The number of hydrogen-bond donors (Lipinski definition) is 1. The first-order chi connectivity index (χ1) is 6.71. The summed E-state index contributed by atoms with van der Waals surface area (Å²) in [6.07, 6.45) is 5.38. The molecular weight excluding hydrogens is 176 g/mol. The lowest BCUT2D eigenvalue weighted by molar-refractivity contribution is -0.0278. The normalized spacial score (nSPS) is 29.0. The SMILES string of the molecule is CN1CCCC(O)(c2ccncc2)C1. The smallest absolute Gasteiger partial charge is 0.102 e. The van der Waals surface area contributed by atoms with E-state index in [9.17, 15) is 5.11 Å². The van der Waals surface area contributed by atoms with E-state index in [2.05, 4.69) is 9.88 Å². The number of hydrogen-bond acceptors (Lipinski definition) is 3. The molecule has 1 aliphatic heterocycles. The zero-order chi connectivity index (χ0) is 10.0. The third-order valence-corrected chi connectivity index (χ3v) is 2.88. The van der Waals surface area contributed by atoms with Gasteiger partial charge in [0.05, 0.1) is 0 Å². The topological polar surface area (TPSA) is 36.4 Å². The quantitative estimate of drug-likeness (QED) is 0.721. The molecule has 0 saturated carbocycles. The lowest BCUT2D eigenvalue weighted by Crippen LogP contribution is -2.44. The van der Waals surface area contributed by atoms with Gasteiger partial charge in [-0.2, -0.15) is 0 Å². The van der Waals surface area contributed by atoms with Crippen LogP contribution in [0.5, 0.6) is 0 Å². The Labute approximate surface area is 84.4 Å². The van der Waals surface area contributed by atoms with Crippen LogP contribution in [0.3, 0.4) is 0 Å². The number of likely N-dealkylation sites (N-methyl/N-ethyl adjacent to an activating group) is 1. The summed E-state index contributed by atoms with van der Waals surface area (Å²) in [6, 6.07) is 3.80. The van der Waals surface area contributed by atoms with Crippen molar-refractivity contribution >= 4 is 0 Å². The molecule has 1 unspecified atom stereocenters. The fraction of sp³-hybridized carbons (Fsp3) is 0.545. The van der Waals surface area contributed by atoms with Gasteiger partial charge in [-0.1, -0.05) is 0 Å². The van der Waals surface area contributed by atoms with Crippen molar-refractivity contribution in [1.82, 2.24) is 9.88 Å². The fourth-order valence-corrected chi connectivity index (χ4v) is 2.14. The van der Waals surface area contributed by atoms with Crippen LogP contribution in [0.1, 0.15) is 18.4 Å². The minimum atomic E-state index is -0.671. The Kier molecular flexibility index (Phi) is 2.52. The van der Waals surface area contributed by atoms with Crippen LogP contribution in [-0.2, 0) is 5.60 Å². The van der Waals surface area contributed by atoms with Crippen molar-refractivity contribution in [1.29, 1.82) is 0 Å². The zero-order valence-electron chi connectivity index (χ0n) is 8.48. The number of pyridine rings is 1. The Morgan fingerprint density at radius 3 is 2.79 bits per heavy atom. The largest absolute Gasteiger partial charge is 0.384 e. The monoisotopic (exact) mass is 192 g/mol. The number of likely N-dealkylation sites (tertiary alicyclic amines) is 1. The summed E-state index contributed by atoms with van der Waals surface area (Å²) in [7, 11) is 2.05. The molecule has 1 saturated heterocycles. The van der Waals surface area contributed by atoms with Crippen molar-refractivity contribution in [2.24, 2.45) is 0 Å². The predicted molar refractivity (Wildman–Crippen MR) is 54.9 cm³/mol. The number of β-amino-alcohol motifs (C(OH)–C–C–N with tert-alkyl or cyclic N) is 1. The molecule has 3 heteroatoms. The summed E-state index contributed by atoms with van der Waals surface area (Å²) in [6.45, 7) is 1.80. The Morgan fingerprint density at radius 2 is 2.14 bits per heavy atom. The van der Waals surface area contributed by atoms with Crippen LogP contribution >= 0.6 is 0 Å². The fourth-order valence-electron chi connectivity index (χ4n) is 2.14.